The summed E-state index contributed by atoms with van der Waals surface area (Å²) in [5.41, 5.74) is 0.505. The van der Waals surface area contributed by atoms with Crippen LogP contribution >= 0.6 is 0 Å². The number of nitrogens with one attached hydrogen (secondary N) is 1. The number of phenols is 2. The van der Waals surface area contributed by atoms with Crippen molar-refractivity contribution >= 4 is 18.0 Å². The molecule has 4 N–H and O–H groups in total. The predicted octanol–water partition coefficient (Wildman–Crippen LogP) is 0.312. The maximum Gasteiger partial charge on any atom is 0.322 e. The van der Waals surface area contributed by atoms with Gasteiger partial charge in [-0.3, -0.25) is 9.59 Å². The van der Waals surface area contributed by atoms with Gasteiger partial charge in [-0.25, -0.2) is 0 Å². The molecule has 0 saturated carbocycles. The summed E-state index contributed by atoms with van der Waals surface area (Å²) in [6, 6.07) is 4.05. The van der Waals surface area contributed by atoms with Crippen LogP contribution in [0, 0.1) is 0 Å². The predicted molar refractivity (Wildman–Crippen MR) is 59.5 cm³/mol. The average Bonchev–Trinajstić information content (AvgIpc) is 2.28. The van der Waals surface area contributed by atoms with Gasteiger partial charge in [0.2, 0.25) is 5.91 Å². The Morgan fingerprint density at radius 2 is 1.94 bits per heavy atom. The van der Waals surface area contributed by atoms with Gasteiger partial charge in [-0.1, -0.05) is 6.07 Å². The van der Waals surface area contributed by atoms with Crippen molar-refractivity contribution in [2.45, 2.75) is 0 Å². The minimum absolute atomic E-state index is 0.252. The molecule has 0 bridgehead atoms. The van der Waals surface area contributed by atoms with Crippen molar-refractivity contribution in [1.82, 2.24) is 5.32 Å². The standard InChI is InChI=1S/C11H11NO5/c13-8-3-1-7(5-9(8)14)2-4-10(15)12-6-11(16)17/h1-5,13-14H,6H2,(H,12,15)(H,16,17). The van der Waals surface area contributed by atoms with Crippen molar-refractivity contribution in [2.24, 2.45) is 0 Å². The Labute approximate surface area is 96.8 Å². The summed E-state index contributed by atoms with van der Waals surface area (Å²) in [5.74, 6) is -2.23. The summed E-state index contributed by atoms with van der Waals surface area (Å²) in [7, 11) is 0. The molecule has 0 aromatic heterocycles. The van der Waals surface area contributed by atoms with Crippen LogP contribution in [0.15, 0.2) is 24.3 Å². The molecule has 17 heavy (non-hydrogen) atoms. The number of carboxylic acids is 1. The van der Waals surface area contributed by atoms with Crippen LogP contribution in [-0.2, 0) is 9.59 Å². The number of carbonyl (C=O) groups is 2. The molecule has 1 aromatic carbocycles. The lowest BCUT2D eigenvalue weighted by Crippen LogP contribution is -2.27. The molecule has 0 atom stereocenters. The molecular formula is C11H11NO5. The third kappa shape index (κ3) is 4.25. The van der Waals surface area contributed by atoms with E-state index < -0.39 is 18.4 Å². The van der Waals surface area contributed by atoms with Gasteiger partial charge in [-0.05, 0) is 23.8 Å². The molecule has 0 saturated heterocycles. The lowest BCUT2D eigenvalue weighted by atomic mass is 10.2. The Morgan fingerprint density at radius 3 is 2.53 bits per heavy atom. The zero-order valence-electron chi connectivity index (χ0n) is 8.75. The quantitative estimate of drug-likeness (QED) is 0.445. The minimum atomic E-state index is -1.13. The highest BCUT2D eigenvalue weighted by Crippen LogP contribution is 2.25. The van der Waals surface area contributed by atoms with Crippen LogP contribution in [0.5, 0.6) is 11.5 Å². The van der Waals surface area contributed by atoms with E-state index in [0.717, 1.165) is 6.08 Å². The maximum absolute atomic E-state index is 11.1. The molecule has 0 unspecified atom stereocenters. The minimum Gasteiger partial charge on any atom is -0.504 e. The molecule has 0 fully saturated rings. The maximum atomic E-state index is 11.1. The summed E-state index contributed by atoms with van der Waals surface area (Å²) in [6.07, 6.45) is 2.52. The lowest BCUT2D eigenvalue weighted by Gasteiger charge is -1.99. The highest BCUT2D eigenvalue weighted by Gasteiger charge is 2.00. The summed E-state index contributed by atoms with van der Waals surface area (Å²) in [4.78, 5) is 21.3. The van der Waals surface area contributed by atoms with E-state index in [2.05, 4.69) is 5.32 Å². The monoisotopic (exact) mass is 237 g/mol. The van der Waals surface area contributed by atoms with Crippen molar-refractivity contribution < 1.29 is 24.9 Å². The molecule has 0 radical (unpaired) electrons. The molecule has 0 heterocycles. The van der Waals surface area contributed by atoms with E-state index >= 15 is 0 Å². The number of benzene rings is 1. The topological polar surface area (TPSA) is 107 Å². The first-order valence-corrected chi connectivity index (χ1v) is 4.68. The zero-order valence-corrected chi connectivity index (χ0v) is 8.75. The Morgan fingerprint density at radius 1 is 1.24 bits per heavy atom. The first-order chi connectivity index (χ1) is 7.99. The molecule has 0 aliphatic carbocycles. The van der Waals surface area contributed by atoms with E-state index in [-0.39, 0.29) is 11.5 Å². The van der Waals surface area contributed by atoms with Crippen molar-refractivity contribution in [3.63, 3.8) is 0 Å². The van der Waals surface area contributed by atoms with Gasteiger partial charge in [0.15, 0.2) is 11.5 Å². The van der Waals surface area contributed by atoms with Crippen molar-refractivity contribution in [2.75, 3.05) is 6.54 Å². The number of aliphatic carboxylic acids is 1. The third-order valence-electron chi connectivity index (χ3n) is 1.84. The Balaban J connectivity index is 2.61. The summed E-state index contributed by atoms with van der Waals surface area (Å²) in [5, 5.41) is 28.7. The first kappa shape index (κ1) is 12.6. The molecule has 0 spiro atoms. The van der Waals surface area contributed by atoms with Gasteiger partial charge in [0.25, 0.3) is 0 Å². The van der Waals surface area contributed by atoms with Crippen molar-refractivity contribution in [3.8, 4) is 11.5 Å². The van der Waals surface area contributed by atoms with Crippen LogP contribution in [0.1, 0.15) is 5.56 Å². The fourth-order valence-electron chi connectivity index (χ4n) is 1.04. The van der Waals surface area contributed by atoms with Crippen LogP contribution in [0.25, 0.3) is 6.08 Å². The number of carboxylic acid groups (broad SMARTS) is 1. The van der Waals surface area contributed by atoms with Gasteiger partial charge in [-0.2, -0.15) is 0 Å². The van der Waals surface area contributed by atoms with Gasteiger partial charge in [0.05, 0.1) is 0 Å². The second-order valence-corrected chi connectivity index (χ2v) is 3.19. The van der Waals surface area contributed by atoms with E-state index in [1.807, 2.05) is 0 Å². The van der Waals surface area contributed by atoms with Gasteiger partial charge in [0, 0.05) is 6.08 Å². The van der Waals surface area contributed by atoms with Crippen LogP contribution in [0.4, 0.5) is 0 Å². The van der Waals surface area contributed by atoms with Crippen LogP contribution in [0.3, 0.4) is 0 Å². The van der Waals surface area contributed by atoms with Crippen LogP contribution in [-0.4, -0.2) is 33.7 Å². The SMILES string of the molecule is O=C(O)CNC(=O)C=Cc1ccc(O)c(O)c1. The van der Waals surface area contributed by atoms with E-state index in [1.165, 1.54) is 24.3 Å². The molecular weight excluding hydrogens is 226 g/mol. The fourth-order valence-corrected chi connectivity index (χ4v) is 1.04. The highest BCUT2D eigenvalue weighted by molar-refractivity contribution is 5.93. The van der Waals surface area contributed by atoms with E-state index in [0.29, 0.717) is 5.56 Å². The number of aromatic hydroxyl groups is 2. The second kappa shape index (κ2) is 5.55. The largest absolute Gasteiger partial charge is 0.504 e. The van der Waals surface area contributed by atoms with E-state index in [9.17, 15) is 14.7 Å². The smallest absolute Gasteiger partial charge is 0.322 e. The number of carbonyl (C=O) groups excluding carboxylic acids is 1. The van der Waals surface area contributed by atoms with E-state index in [4.69, 9.17) is 10.2 Å². The number of amides is 1. The summed E-state index contributed by atoms with van der Waals surface area (Å²) >= 11 is 0. The first-order valence-electron chi connectivity index (χ1n) is 4.68. The number of phenolic OH excluding ortho intramolecular Hbond substituents is 2. The molecule has 6 heteroatoms. The van der Waals surface area contributed by atoms with Crippen molar-refractivity contribution in [3.05, 3.63) is 29.8 Å². The molecule has 1 rings (SSSR count). The summed E-state index contributed by atoms with van der Waals surface area (Å²) < 4.78 is 0. The fraction of sp³-hybridized carbons (Fsp3) is 0.0909. The highest BCUT2D eigenvalue weighted by atomic mass is 16.4. The van der Waals surface area contributed by atoms with Crippen LogP contribution < -0.4 is 5.32 Å². The van der Waals surface area contributed by atoms with Gasteiger partial charge in [-0.15, -0.1) is 0 Å². The Hall–Kier alpha value is -2.50. The molecule has 0 aliphatic heterocycles. The molecule has 0 aliphatic rings. The summed E-state index contributed by atoms with van der Waals surface area (Å²) in [6.45, 7) is -0.454. The zero-order chi connectivity index (χ0) is 12.8. The lowest BCUT2D eigenvalue weighted by molar-refractivity contribution is -0.137. The second-order valence-electron chi connectivity index (χ2n) is 3.19. The van der Waals surface area contributed by atoms with Gasteiger partial charge < -0.3 is 20.6 Å². The Bertz CT molecular complexity index is 467. The number of rotatable bonds is 4. The third-order valence-corrected chi connectivity index (χ3v) is 1.84. The normalized spacial score (nSPS) is 10.4. The molecule has 90 valence electrons. The van der Waals surface area contributed by atoms with E-state index in [1.54, 1.807) is 0 Å². The van der Waals surface area contributed by atoms with Crippen molar-refractivity contribution in [1.29, 1.82) is 0 Å². The molecule has 1 aromatic rings. The number of hydrogen-bond donors (Lipinski definition) is 4. The number of hydrogen-bond acceptors (Lipinski definition) is 4. The van der Waals surface area contributed by atoms with Gasteiger partial charge >= 0.3 is 5.97 Å². The molecule has 6 nitrogen and oxygen atoms in total. The average molecular weight is 237 g/mol. The Kier molecular flexibility index (Phi) is 4.10. The van der Waals surface area contributed by atoms with Gasteiger partial charge in [0.1, 0.15) is 6.54 Å². The molecule has 1 amide bonds. The van der Waals surface area contributed by atoms with Crippen LogP contribution in [0.2, 0.25) is 0 Å².